The third-order valence-electron chi connectivity index (χ3n) is 2.71. The van der Waals surface area contributed by atoms with E-state index < -0.39 is 0 Å². The average molecular weight is 200 g/mol. The van der Waals surface area contributed by atoms with Gasteiger partial charge in [0.1, 0.15) is 0 Å². The van der Waals surface area contributed by atoms with Crippen LogP contribution < -0.4 is 0 Å². The molecule has 3 atom stereocenters. The zero-order valence-corrected chi connectivity index (χ0v) is 7.81. The van der Waals surface area contributed by atoms with E-state index in [1.54, 1.807) is 0 Å². The van der Waals surface area contributed by atoms with Crippen molar-refractivity contribution in [2.75, 3.05) is 0 Å². The van der Waals surface area contributed by atoms with Crippen LogP contribution in [-0.4, -0.2) is 15.1 Å². The molecule has 0 saturated heterocycles. The van der Waals surface area contributed by atoms with Gasteiger partial charge in [-0.05, 0) is 25.7 Å². The molecule has 2 aliphatic rings. The summed E-state index contributed by atoms with van der Waals surface area (Å²) in [6.45, 7) is 0. The Morgan fingerprint density at radius 3 is 2.10 bits per heavy atom. The van der Waals surface area contributed by atoms with Crippen LogP contribution in [0.3, 0.4) is 0 Å². The van der Waals surface area contributed by atoms with E-state index in [1.165, 1.54) is 0 Å². The molecule has 3 heteroatoms. The van der Waals surface area contributed by atoms with Gasteiger partial charge in [0, 0.05) is 4.87 Å². The molecule has 0 amide bonds. The second kappa shape index (κ2) is 1.97. The largest absolute Gasteiger partial charge is 0.121 e. The molecule has 0 aromatic heterocycles. The van der Waals surface area contributed by atoms with E-state index in [4.69, 9.17) is 34.8 Å². The van der Waals surface area contributed by atoms with Gasteiger partial charge in [-0.1, -0.05) is 0 Å². The molecule has 0 nitrogen and oxygen atoms in total. The van der Waals surface area contributed by atoms with Crippen LogP contribution in [0.1, 0.15) is 25.7 Å². The Labute approximate surface area is 75.8 Å². The molecule has 0 aromatic rings. The summed E-state index contributed by atoms with van der Waals surface area (Å²) in [6.07, 6.45) is 3.82. The Hall–Kier alpha value is 0.870. The fraction of sp³-hybridized carbons (Fsp3) is 1.00. The van der Waals surface area contributed by atoms with Crippen molar-refractivity contribution in [1.29, 1.82) is 0 Å². The van der Waals surface area contributed by atoms with Gasteiger partial charge < -0.3 is 0 Å². The normalized spacial score (nSPS) is 59.7. The van der Waals surface area contributed by atoms with E-state index in [0.717, 1.165) is 25.7 Å². The van der Waals surface area contributed by atoms with E-state index in [0.29, 0.717) is 0 Å². The molecule has 0 unspecified atom stereocenters. The van der Waals surface area contributed by atoms with Crippen molar-refractivity contribution in [3.63, 3.8) is 0 Å². The highest BCUT2D eigenvalue weighted by Crippen LogP contribution is 2.59. The van der Waals surface area contributed by atoms with Gasteiger partial charge in [0.2, 0.25) is 0 Å². The van der Waals surface area contributed by atoms with E-state index in [-0.39, 0.29) is 15.1 Å². The van der Waals surface area contributed by atoms with Crippen LogP contribution in [0.25, 0.3) is 0 Å². The topological polar surface area (TPSA) is 0 Å². The Morgan fingerprint density at radius 1 is 1.20 bits per heavy atom. The zero-order chi connectivity index (χ0) is 7.41. The minimum atomic E-state index is -0.163. The summed E-state index contributed by atoms with van der Waals surface area (Å²) < 4.78 is 0. The first-order valence-corrected chi connectivity index (χ1v) is 4.75. The lowest BCUT2D eigenvalue weighted by atomic mass is 9.99. The van der Waals surface area contributed by atoms with Crippen LogP contribution in [0.2, 0.25) is 0 Å². The number of rotatable bonds is 0. The highest BCUT2D eigenvalue weighted by atomic mass is 35.5. The summed E-state index contributed by atoms with van der Waals surface area (Å²) in [7, 11) is 0. The van der Waals surface area contributed by atoms with Crippen molar-refractivity contribution in [3.05, 3.63) is 0 Å². The predicted molar refractivity (Wildman–Crippen MR) is 45.3 cm³/mol. The Morgan fingerprint density at radius 2 is 1.90 bits per heavy atom. The lowest BCUT2D eigenvalue weighted by molar-refractivity contribution is 0.524. The molecule has 0 aliphatic heterocycles. The Balaban J connectivity index is 2.28. The van der Waals surface area contributed by atoms with E-state index >= 15 is 0 Å². The number of halogens is 3. The van der Waals surface area contributed by atoms with Crippen LogP contribution in [0.4, 0.5) is 0 Å². The van der Waals surface area contributed by atoms with Crippen LogP contribution in [0.15, 0.2) is 0 Å². The van der Waals surface area contributed by atoms with E-state index in [1.807, 2.05) is 0 Å². The van der Waals surface area contributed by atoms with Crippen molar-refractivity contribution in [2.24, 2.45) is 0 Å². The average Bonchev–Trinajstić information content (AvgIpc) is 2.17. The third kappa shape index (κ3) is 0.888. The van der Waals surface area contributed by atoms with Crippen LogP contribution in [0.5, 0.6) is 0 Å². The van der Waals surface area contributed by atoms with E-state index in [2.05, 4.69) is 0 Å². The first-order valence-electron chi connectivity index (χ1n) is 3.56. The fourth-order valence-corrected chi connectivity index (χ4v) is 3.62. The minimum absolute atomic E-state index is 0.0475. The molecule has 10 heavy (non-hydrogen) atoms. The molecule has 2 aliphatic carbocycles. The van der Waals surface area contributed by atoms with Gasteiger partial charge in [0.25, 0.3) is 0 Å². The van der Waals surface area contributed by atoms with Gasteiger partial charge in [-0.3, -0.25) is 0 Å². The molecule has 0 N–H and O–H groups in total. The molecule has 58 valence electrons. The summed E-state index contributed by atoms with van der Waals surface area (Å²) in [5, 5.41) is 0.0976. The fourth-order valence-electron chi connectivity index (χ4n) is 2.08. The standard InChI is InChI=1S/C7H9Cl3/c8-5-3-6(9)1-2-7(5,10)4-6/h5H,1-4H2/t5-,6-,7-/m0/s1. The lowest BCUT2D eigenvalue weighted by Crippen LogP contribution is -2.27. The summed E-state index contributed by atoms with van der Waals surface area (Å²) in [5.74, 6) is 0. The molecule has 0 aromatic carbocycles. The second-order valence-corrected chi connectivity index (χ2v) is 5.62. The third-order valence-corrected chi connectivity index (χ3v) is 4.45. The Bertz CT molecular complexity index is 170. The predicted octanol–water partition coefficient (Wildman–Crippen LogP) is 3.14. The lowest BCUT2D eigenvalue weighted by Gasteiger charge is -2.24. The second-order valence-electron chi connectivity index (χ2n) is 3.53. The van der Waals surface area contributed by atoms with Crippen LogP contribution in [0, 0.1) is 0 Å². The van der Waals surface area contributed by atoms with Crippen molar-refractivity contribution in [2.45, 2.75) is 40.8 Å². The van der Waals surface area contributed by atoms with Gasteiger partial charge in [0.15, 0.2) is 0 Å². The van der Waals surface area contributed by atoms with Gasteiger partial charge >= 0.3 is 0 Å². The number of hydrogen-bond donors (Lipinski definition) is 0. The van der Waals surface area contributed by atoms with Crippen LogP contribution in [-0.2, 0) is 0 Å². The molecule has 2 saturated carbocycles. The quantitative estimate of drug-likeness (QED) is 0.526. The summed E-state index contributed by atoms with van der Waals surface area (Å²) in [6, 6.07) is 0. The van der Waals surface area contributed by atoms with Crippen molar-refractivity contribution < 1.29 is 0 Å². The molecular weight excluding hydrogens is 190 g/mol. The first-order chi connectivity index (χ1) is 4.54. The van der Waals surface area contributed by atoms with Crippen molar-refractivity contribution in [3.8, 4) is 0 Å². The molecule has 0 radical (unpaired) electrons. The molecule has 2 fully saturated rings. The molecular formula is C7H9Cl3. The monoisotopic (exact) mass is 198 g/mol. The van der Waals surface area contributed by atoms with E-state index in [9.17, 15) is 0 Å². The molecule has 2 rings (SSSR count). The summed E-state index contributed by atoms with van der Waals surface area (Å²) in [5.41, 5.74) is 0. The summed E-state index contributed by atoms with van der Waals surface area (Å²) in [4.78, 5) is -0.211. The Kier molecular flexibility index (Phi) is 1.48. The van der Waals surface area contributed by atoms with Gasteiger partial charge in [-0.25, -0.2) is 0 Å². The molecule has 0 heterocycles. The smallest absolute Gasteiger partial charge is 0.0627 e. The van der Waals surface area contributed by atoms with Gasteiger partial charge in [0.05, 0.1) is 10.3 Å². The van der Waals surface area contributed by atoms with Crippen molar-refractivity contribution >= 4 is 34.8 Å². The minimum Gasteiger partial charge on any atom is -0.121 e. The first kappa shape index (κ1) is 7.52. The number of alkyl halides is 3. The highest BCUT2D eigenvalue weighted by Gasteiger charge is 2.57. The number of fused-ring (bicyclic) bond motifs is 2. The highest BCUT2D eigenvalue weighted by molar-refractivity contribution is 6.36. The SMILES string of the molecule is Cl[C@H]1C[C@@]2(Cl)CC[C@]1(Cl)C2. The zero-order valence-electron chi connectivity index (χ0n) is 5.54. The van der Waals surface area contributed by atoms with Gasteiger partial charge in [-0.15, -0.1) is 34.8 Å². The molecule has 0 spiro atoms. The molecule has 2 bridgehead atoms. The summed E-state index contributed by atoms with van der Waals surface area (Å²) >= 11 is 18.5. The maximum absolute atomic E-state index is 6.22. The maximum atomic E-state index is 6.22. The van der Waals surface area contributed by atoms with Crippen LogP contribution >= 0.6 is 34.8 Å². The maximum Gasteiger partial charge on any atom is 0.0627 e. The number of hydrogen-bond acceptors (Lipinski definition) is 0. The van der Waals surface area contributed by atoms with Crippen molar-refractivity contribution in [1.82, 2.24) is 0 Å². The van der Waals surface area contributed by atoms with Gasteiger partial charge in [-0.2, -0.15) is 0 Å².